The monoisotopic (exact) mass is 510 g/mol. The van der Waals surface area contributed by atoms with E-state index in [1.807, 2.05) is 60.7 Å². The molecule has 0 aliphatic carbocycles. The van der Waals surface area contributed by atoms with Gasteiger partial charge in [-0.15, -0.1) is 0 Å². The molecule has 0 atom stereocenters. The molecule has 2 heterocycles. The minimum absolute atomic E-state index is 0.0533. The maximum absolute atomic E-state index is 12.9. The van der Waals surface area contributed by atoms with Crippen molar-refractivity contribution in [1.82, 2.24) is 9.55 Å². The molecule has 2 N–H and O–H groups in total. The quantitative estimate of drug-likeness (QED) is 0.254. The Kier molecular flexibility index (Phi) is 6.40. The van der Waals surface area contributed by atoms with Gasteiger partial charge in [0.1, 0.15) is 0 Å². The van der Waals surface area contributed by atoms with Crippen LogP contribution in [0, 0.1) is 0 Å². The lowest BCUT2D eigenvalue weighted by Crippen LogP contribution is -2.14. The first-order valence-corrected chi connectivity index (χ1v) is 11.8. The average molecular weight is 511 g/mol. The van der Waals surface area contributed by atoms with Crippen LogP contribution >= 0.6 is 15.9 Å². The van der Waals surface area contributed by atoms with Crippen LogP contribution in [-0.4, -0.2) is 15.5 Å². The maximum atomic E-state index is 12.9. The molecule has 5 nitrogen and oxygen atoms in total. The Morgan fingerprint density at radius 2 is 1.74 bits per heavy atom. The Hall–Kier alpha value is -3.90. The fraction of sp³-hybridized carbons (Fsp3) is 0.0714. The highest BCUT2D eigenvalue weighted by Crippen LogP contribution is 2.29. The average Bonchev–Trinajstić information content (AvgIpc) is 3.19. The third-order valence-corrected chi connectivity index (χ3v) is 6.27. The lowest BCUT2D eigenvalue weighted by Gasteiger charge is -2.11. The molecule has 0 unspecified atom stereocenters. The molecule has 1 amide bonds. The molecule has 5 rings (SSSR count). The van der Waals surface area contributed by atoms with Crippen molar-refractivity contribution >= 4 is 49.8 Å². The summed E-state index contributed by atoms with van der Waals surface area (Å²) in [7, 11) is 0. The molecule has 0 aliphatic rings. The number of para-hydroxylation sites is 1. The van der Waals surface area contributed by atoms with Gasteiger partial charge in [-0.1, -0.05) is 48.5 Å². The van der Waals surface area contributed by atoms with Crippen molar-refractivity contribution in [1.29, 1.82) is 0 Å². The van der Waals surface area contributed by atoms with Crippen LogP contribution in [0.25, 0.3) is 10.9 Å². The number of nitrogens with zero attached hydrogens (tertiary/aromatic N) is 2. The molecule has 0 aliphatic heterocycles. The molecule has 168 valence electrons. The highest BCUT2D eigenvalue weighted by molar-refractivity contribution is 9.10. The Morgan fingerprint density at radius 1 is 0.912 bits per heavy atom. The second kappa shape index (κ2) is 9.93. The van der Waals surface area contributed by atoms with Crippen molar-refractivity contribution < 1.29 is 4.79 Å². The number of anilines is 3. The summed E-state index contributed by atoms with van der Waals surface area (Å²) >= 11 is 3.59. The number of amides is 1. The fourth-order valence-corrected chi connectivity index (χ4v) is 4.52. The van der Waals surface area contributed by atoms with E-state index in [1.165, 1.54) is 5.56 Å². The Balaban J connectivity index is 1.31. The van der Waals surface area contributed by atoms with Crippen LogP contribution in [0.2, 0.25) is 0 Å². The summed E-state index contributed by atoms with van der Waals surface area (Å²) < 4.78 is 3.07. The summed E-state index contributed by atoms with van der Waals surface area (Å²) in [4.78, 5) is 17.0. The van der Waals surface area contributed by atoms with Crippen molar-refractivity contribution in [3.8, 4) is 0 Å². The van der Waals surface area contributed by atoms with Gasteiger partial charge >= 0.3 is 0 Å². The number of aromatic nitrogens is 2. The van der Waals surface area contributed by atoms with E-state index in [4.69, 9.17) is 0 Å². The number of pyridine rings is 1. The molecule has 0 spiro atoms. The molecule has 34 heavy (non-hydrogen) atoms. The zero-order valence-corrected chi connectivity index (χ0v) is 20.0. The van der Waals surface area contributed by atoms with Crippen molar-refractivity contribution in [2.45, 2.75) is 13.0 Å². The molecule has 5 aromatic rings. The van der Waals surface area contributed by atoms with Crippen LogP contribution < -0.4 is 10.6 Å². The van der Waals surface area contributed by atoms with E-state index < -0.39 is 0 Å². The van der Waals surface area contributed by atoms with Gasteiger partial charge in [0.15, 0.2) is 0 Å². The number of hydrogen-bond acceptors (Lipinski definition) is 3. The molecule has 0 saturated carbocycles. The fourth-order valence-electron chi connectivity index (χ4n) is 4.04. The predicted octanol–water partition coefficient (Wildman–Crippen LogP) is 6.77. The summed E-state index contributed by atoms with van der Waals surface area (Å²) in [5, 5.41) is 7.44. The Bertz CT molecular complexity index is 1430. The van der Waals surface area contributed by atoms with Crippen molar-refractivity contribution in [2.24, 2.45) is 0 Å². The third-order valence-electron chi connectivity index (χ3n) is 5.61. The van der Waals surface area contributed by atoms with Gasteiger partial charge in [0.05, 0.1) is 24.0 Å². The molecular formula is C28H23BrN4O. The first-order chi connectivity index (χ1) is 16.7. The Labute approximate surface area is 206 Å². The number of nitrogens with one attached hydrogen (secondary N) is 2. The van der Waals surface area contributed by atoms with Gasteiger partial charge in [-0.2, -0.15) is 0 Å². The molecule has 3 aromatic carbocycles. The SMILES string of the molecule is O=C(Cc1cn(Cc2ccccc2)c2ccccc12)Nc1ccc(Nc2cccnc2)c(Br)c1. The standard InChI is InChI=1S/C28H23BrN4O/c29-25-16-22(12-13-26(25)31-23-9-6-14-30-17-23)32-28(34)15-21-19-33(18-20-7-2-1-3-8-20)27-11-5-4-10-24(21)27/h1-14,16-17,19,31H,15,18H2,(H,32,34). The second-order valence-corrected chi connectivity index (χ2v) is 8.93. The van der Waals surface area contributed by atoms with Crippen molar-refractivity contribution in [2.75, 3.05) is 10.6 Å². The molecular weight excluding hydrogens is 488 g/mol. The number of benzene rings is 3. The van der Waals surface area contributed by atoms with Gasteiger partial charge in [-0.05, 0) is 63.5 Å². The van der Waals surface area contributed by atoms with Gasteiger partial charge in [-0.3, -0.25) is 9.78 Å². The van der Waals surface area contributed by atoms with E-state index in [2.05, 4.69) is 66.6 Å². The van der Waals surface area contributed by atoms with E-state index >= 15 is 0 Å². The first kappa shape index (κ1) is 21.9. The number of carbonyl (C=O) groups is 1. The van der Waals surface area contributed by atoms with Gasteiger partial charge in [-0.25, -0.2) is 0 Å². The summed E-state index contributed by atoms with van der Waals surface area (Å²) in [6, 6.07) is 28.1. The van der Waals surface area contributed by atoms with E-state index in [9.17, 15) is 4.79 Å². The van der Waals surface area contributed by atoms with Crippen LogP contribution in [0.1, 0.15) is 11.1 Å². The molecule has 0 bridgehead atoms. The third kappa shape index (κ3) is 5.02. The van der Waals surface area contributed by atoms with Gasteiger partial charge in [0, 0.05) is 40.0 Å². The van der Waals surface area contributed by atoms with E-state index in [1.54, 1.807) is 12.4 Å². The van der Waals surface area contributed by atoms with Gasteiger partial charge < -0.3 is 15.2 Å². The van der Waals surface area contributed by atoms with Gasteiger partial charge in [0.2, 0.25) is 5.91 Å². The van der Waals surface area contributed by atoms with Crippen LogP contribution in [0.4, 0.5) is 17.1 Å². The van der Waals surface area contributed by atoms with E-state index in [0.717, 1.165) is 44.5 Å². The highest BCUT2D eigenvalue weighted by atomic mass is 79.9. The molecule has 6 heteroatoms. The smallest absolute Gasteiger partial charge is 0.228 e. The lowest BCUT2D eigenvalue weighted by molar-refractivity contribution is -0.115. The lowest BCUT2D eigenvalue weighted by atomic mass is 10.1. The normalized spacial score (nSPS) is 10.9. The largest absolute Gasteiger partial charge is 0.353 e. The Morgan fingerprint density at radius 3 is 2.53 bits per heavy atom. The number of fused-ring (bicyclic) bond motifs is 1. The van der Waals surface area contributed by atoms with Crippen LogP contribution in [0.3, 0.4) is 0 Å². The predicted molar refractivity (Wildman–Crippen MR) is 141 cm³/mol. The molecule has 0 radical (unpaired) electrons. The zero-order chi connectivity index (χ0) is 23.3. The van der Waals surface area contributed by atoms with E-state index in [0.29, 0.717) is 6.42 Å². The zero-order valence-electron chi connectivity index (χ0n) is 18.4. The molecule has 2 aromatic heterocycles. The van der Waals surface area contributed by atoms with Crippen LogP contribution in [0.5, 0.6) is 0 Å². The highest BCUT2D eigenvalue weighted by Gasteiger charge is 2.13. The van der Waals surface area contributed by atoms with Gasteiger partial charge in [0.25, 0.3) is 0 Å². The van der Waals surface area contributed by atoms with Crippen molar-refractivity contribution in [3.05, 3.63) is 119 Å². The summed E-state index contributed by atoms with van der Waals surface area (Å²) in [5.74, 6) is -0.0533. The second-order valence-electron chi connectivity index (χ2n) is 8.07. The van der Waals surface area contributed by atoms with Crippen LogP contribution in [0.15, 0.2) is 108 Å². The molecule has 0 saturated heterocycles. The number of rotatable bonds is 7. The minimum atomic E-state index is -0.0533. The van der Waals surface area contributed by atoms with E-state index in [-0.39, 0.29) is 5.91 Å². The summed E-state index contributed by atoms with van der Waals surface area (Å²) in [5.41, 5.74) is 5.90. The summed E-state index contributed by atoms with van der Waals surface area (Å²) in [6.07, 6.45) is 5.89. The first-order valence-electron chi connectivity index (χ1n) is 11.0. The topological polar surface area (TPSA) is 59.0 Å². The number of hydrogen-bond donors (Lipinski definition) is 2. The number of halogens is 1. The maximum Gasteiger partial charge on any atom is 0.228 e. The van der Waals surface area contributed by atoms with Crippen molar-refractivity contribution in [3.63, 3.8) is 0 Å². The number of carbonyl (C=O) groups excluding carboxylic acids is 1. The minimum Gasteiger partial charge on any atom is -0.353 e. The summed E-state index contributed by atoms with van der Waals surface area (Å²) in [6.45, 7) is 0.765. The molecule has 0 fully saturated rings. The van der Waals surface area contributed by atoms with Crippen LogP contribution in [-0.2, 0) is 17.8 Å².